The highest BCUT2D eigenvalue weighted by molar-refractivity contribution is 6.10. The topological polar surface area (TPSA) is 34.2 Å². The van der Waals surface area contributed by atoms with E-state index in [1.165, 1.54) is 27.4 Å². The predicted molar refractivity (Wildman–Crippen MR) is 170 cm³/mol. The van der Waals surface area contributed by atoms with Crippen molar-refractivity contribution in [1.82, 2.24) is 4.57 Å². The fourth-order valence-corrected chi connectivity index (χ4v) is 5.73. The molecule has 1 aliphatic heterocycles. The normalized spacial score (nSPS) is 14.6. The molecule has 1 aliphatic rings. The SMILES string of the molecule is C=C1/C=C\C=C/N(c2cccc(CN)c2)c2ccc(-c3ccc4c(c3)c3ccccc3n4-c3ccccc3)cc21. The number of anilines is 2. The van der Waals surface area contributed by atoms with Gasteiger partial charge in [-0.05, 0) is 82.9 Å². The third-order valence-corrected chi connectivity index (χ3v) is 7.69. The maximum Gasteiger partial charge on any atom is 0.0541 e. The van der Waals surface area contributed by atoms with Crippen LogP contribution in [0.1, 0.15) is 11.1 Å². The molecule has 0 saturated heterocycles. The third-order valence-electron chi connectivity index (χ3n) is 7.69. The second-order valence-electron chi connectivity index (χ2n) is 10.1. The maximum atomic E-state index is 5.95. The Hall–Kier alpha value is -5.12. The molecule has 0 bridgehead atoms. The van der Waals surface area contributed by atoms with Crippen molar-refractivity contribution in [2.75, 3.05) is 4.90 Å². The van der Waals surface area contributed by atoms with Crippen molar-refractivity contribution in [3.63, 3.8) is 0 Å². The van der Waals surface area contributed by atoms with Crippen LogP contribution >= 0.6 is 0 Å². The molecule has 0 radical (unpaired) electrons. The van der Waals surface area contributed by atoms with Crippen molar-refractivity contribution in [3.05, 3.63) is 157 Å². The van der Waals surface area contributed by atoms with Crippen LogP contribution in [0, 0.1) is 0 Å². The first kappa shape index (κ1) is 24.0. The molecule has 0 amide bonds. The predicted octanol–water partition coefficient (Wildman–Crippen LogP) is 9.14. The van der Waals surface area contributed by atoms with Crippen LogP contribution in [-0.2, 0) is 6.54 Å². The van der Waals surface area contributed by atoms with Gasteiger partial charge in [-0.15, -0.1) is 0 Å². The van der Waals surface area contributed by atoms with Gasteiger partial charge in [0.2, 0.25) is 0 Å². The fraction of sp³-hybridized carbons (Fsp3) is 0.0270. The quantitative estimate of drug-likeness (QED) is 0.254. The van der Waals surface area contributed by atoms with Crippen LogP contribution in [0.5, 0.6) is 0 Å². The zero-order chi connectivity index (χ0) is 27.1. The lowest BCUT2D eigenvalue weighted by molar-refractivity contribution is 1.07. The summed E-state index contributed by atoms with van der Waals surface area (Å²) in [6.45, 7) is 4.92. The molecule has 2 N–H and O–H groups in total. The van der Waals surface area contributed by atoms with Crippen LogP contribution < -0.4 is 10.6 Å². The Bertz CT molecular complexity index is 1960. The molecule has 40 heavy (non-hydrogen) atoms. The Morgan fingerprint density at radius 3 is 2.25 bits per heavy atom. The number of hydrogen-bond donors (Lipinski definition) is 1. The first-order chi connectivity index (χ1) is 19.7. The summed E-state index contributed by atoms with van der Waals surface area (Å²) in [6, 6.07) is 41.1. The molecule has 3 nitrogen and oxygen atoms in total. The second kappa shape index (κ2) is 9.88. The molecule has 0 fully saturated rings. The number of para-hydroxylation sites is 2. The first-order valence-corrected chi connectivity index (χ1v) is 13.6. The van der Waals surface area contributed by atoms with E-state index in [1.807, 2.05) is 12.2 Å². The Balaban J connectivity index is 1.38. The van der Waals surface area contributed by atoms with Gasteiger partial charge in [-0.2, -0.15) is 0 Å². The van der Waals surface area contributed by atoms with Crippen LogP contribution in [0.15, 0.2) is 146 Å². The number of benzene rings is 5. The van der Waals surface area contributed by atoms with E-state index in [4.69, 9.17) is 5.73 Å². The molecule has 0 saturated carbocycles. The minimum absolute atomic E-state index is 0.507. The van der Waals surface area contributed by atoms with Gasteiger partial charge in [0.1, 0.15) is 0 Å². The summed E-state index contributed by atoms with van der Waals surface area (Å²) in [4.78, 5) is 2.21. The van der Waals surface area contributed by atoms with E-state index in [9.17, 15) is 0 Å². The Morgan fingerprint density at radius 2 is 1.38 bits per heavy atom. The summed E-state index contributed by atoms with van der Waals surface area (Å²) < 4.78 is 2.35. The van der Waals surface area contributed by atoms with Crippen molar-refractivity contribution < 1.29 is 0 Å². The highest BCUT2D eigenvalue weighted by Gasteiger charge is 2.17. The van der Waals surface area contributed by atoms with Crippen molar-refractivity contribution in [2.45, 2.75) is 6.54 Å². The van der Waals surface area contributed by atoms with Crippen LogP contribution in [0.4, 0.5) is 11.4 Å². The molecule has 3 heteroatoms. The summed E-state index contributed by atoms with van der Waals surface area (Å²) >= 11 is 0. The van der Waals surface area contributed by atoms with E-state index in [0.717, 1.165) is 39.3 Å². The zero-order valence-electron chi connectivity index (χ0n) is 22.2. The van der Waals surface area contributed by atoms with Crippen LogP contribution in [-0.4, -0.2) is 4.57 Å². The molecule has 0 unspecified atom stereocenters. The number of nitrogens with two attached hydrogens (primary N) is 1. The monoisotopic (exact) mass is 515 g/mol. The van der Waals surface area contributed by atoms with Crippen LogP contribution in [0.2, 0.25) is 0 Å². The molecule has 0 aliphatic carbocycles. The van der Waals surface area contributed by atoms with Gasteiger partial charge >= 0.3 is 0 Å². The first-order valence-electron chi connectivity index (χ1n) is 13.6. The number of allylic oxidation sites excluding steroid dienone is 4. The standard InChI is InChI=1S/C37H29N3/c1-26-10-7-8-21-39(31-14-9-11-27(22-31)25-38)35-19-17-28(23-33(26)35)29-18-20-37-34(24-29)32-15-5-6-16-36(32)40(37)30-12-3-2-4-13-30/h2-24H,1,25,38H2/b10-7-,21-8-. The Kier molecular flexibility index (Phi) is 5.92. The van der Waals surface area contributed by atoms with Gasteiger partial charge in [0, 0.05) is 40.5 Å². The lowest BCUT2D eigenvalue weighted by Crippen LogP contribution is -2.12. The maximum absolute atomic E-state index is 5.95. The van der Waals surface area contributed by atoms with Gasteiger partial charge in [0.05, 0.1) is 16.7 Å². The molecule has 1 aromatic heterocycles. The average molecular weight is 516 g/mol. The molecule has 5 aromatic carbocycles. The summed E-state index contributed by atoms with van der Waals surface area (Å²) in [5, 5.41) is 2.49. The second-order valence-corrected chi connectivity index (χ2v) is 10.1. The summed E-state index contributed by atoms with van der Waals surface area (Å²) in [5.41, 5.74) is 17.2. The lowest BCUT2D eigenvalue weighted by Gasteiger charge is -2.26. The molecule has 0 spiro atoms. The Morgan fingerprint density at radius 1 is 0.625 bits per heavy atom. The van der Waals surface area contributed by atoms with E-state index in [2.05, 4.69) is 144 Å². The highest BCUT2D eigenvalue weighted by Crippen LogP contribution is 2.39. The van der Waals surface area contributed by atoms with Gasteiger partial charge in [-0.3, -0.25) is 0 Å². The smallest absolute Gasteiger partial charge is 0.0541 e. The minimum Gasteiger partial charge on any atom is -0.326 e. The molecule has 192 valence electrons. The summed E-state index contributed by atoms with van der Waals surface area (Å²) in [5.74, 6) is 0. The third kappa shape index (κ3) is 4.05. The zero-order valence-corrected chi connectivity index (χ0v) is 22.2. The van der Waals surface area contributed by atoms with E-state index >= 15 is 0 Å². The summed E-state index contributed by atoms with van der Waals surface area (Å²) in [6.07, 6.45) is 8.26. The molecule has 6 aromatic rings. The largest absolute Gasteiger partial charge is 0.326 e. The minimum atomic E-state index is 0.507. The van der Waals surface area contributed by atoms with E-state index in [1.54, 1.807) is 0 Å². The molecule has 2 heterocycles. The van der Waals surface area contributed by atoms with Gasteiger partial charge in [0.25, 0.3) is 0 Å². The average Bonchev–Trinajstić information content (AvgIpc) is 3.34. The van der Waals surface area contributed by atoms with Crippen molar-refractivity contribution >= 4 is 38.8 Å². The van der Waals surface area contributed by atoms with Crippen molar-refractivity contribution in [1.29, 1.82) is 0 Å². The fourth-order valence-electron chi connectivity index (χ4n) is 5.73. The number of fused-ring (bicyclic) bond motifs is 4. The van der Waals surface area contributed by atoms with Gasteiger partial charge in [-0.25, -0.2) is 0 Å². The van der Waals surface area contributed by atoms with E-state index < -0.39 is 0 Å². The highest BCUT2D eigenvalue weighted by atomic mass is 15.1. The number of hydrogen-bond acceptors (Lipinski definition) is 2. The van der Waals surface area contributed by atoms with Gasteiger partial charge in [0.15, 0.2) is 0 Å². The number of rotatable bonds is 4. The molecular formula is C37H29N3. The lowest BCUT2D eigenvalue weighted by atomic mass is 9.95. The number of nitrogens with zero attached hydrogens (tertiary/aromatic N) is 2. The van der Waals surface area contributed by atoms with E-state index in [0.29, 0.717) is 6.54 Å². The van der Waals surface area contributed by atoms with Crippen LogP contribution in [0.25, 0.3) is 44.2 Å². The van der Waals surface area contributed by atoms with Crippen LogP contribution in [0.3, 0.4) is 0 Å². The van der Waals surface area contributed by atoms with Gasteiger partial charge < -0.3 is 15.2 Å². The van der Waals surface area contributed by atoms with E-state index in [-0.39, 0.29) is 0 Å². The van der Waals surface area contributed by atoms with Crippen molar-refractivity contribution in [3.8, 4) is 16.8 Å². The van der Waals surface area contributed by atoms with Crippen molar-refractivity contribution in [2.24, 2.45) is 5.73 Å². The molecule has 0 atom stereocenters. The molecule has 7 rings (SSSR count). The summed E-state index contributed by atoms with van der Waals surface area (Å²) in [7, 11) is 0. The molecular weight excluding hydrogens is 486 g/mol. The van der Waals surface area contributed by atoms with Gasteiger partial charge in [-0.1, -0.05) is 79.4 Å². The Labute approximate surface area is 234 Å². The number of aromatic nitrogens is 1.